The first-order valence-electron chi connectivity index (χ1n) is 6.75. The summed E-state index contributed by atoms with van der Waals surface area (Å²) in [7, 11) is 0. The number of carbonyl (C=O) groups is 1. The van der Waals surface area contributed by atoms with Crippen LogP contribution < -0.4 is 0 Å². The van der Waals surface area contributed by atoms with Gasteiger partial charge in [0, 0.05) is 6.20 Å². The number of pyridine rings is 1. The summed E-state index contributed by atoms with van der Waals surface area (Å²) in [4.78, 5) is 17.0. The fraction of sp³-hybridized carbons (Fsp3) is 0.294. The van der Waals surface area contributed by atoms with Crippen LogP contribution in [0.5, 0.6) is 0 Å². The molecule has 0 spiro atoms. The molecule has 1 aliphatic rings. The summed E-state index contributed by atoms with van der Waals surface area (Å²) >= 11 is 0. The molecule has 0 amide bonds. The number of hydrogen-bond acceptors (Lipinski definition) is 2. The summed E-state index contributed by atoms with van der Waals surface area (Å²) in [6.07, 6.45) is 4.68. The average molecular weight is 251 g/mol. The van der Waals surface area contributed by atoms with E-state index in [4.69, 9.17) is 0 Å². The van der Waals surface area contributed by atoms with Crippen molar-refractivity contribution in [3.05, 3.63) is 65.5 Å². The van der Waals surface area contributed by atoms with Gasteiger partial charge in [0.25, 0.3) is 0 Å². The van der Waals surface area contributed by atoms with Gasteiger partial charge in [-0.25, -0.2) is 0 Å². The maximum Gasteiger partial charge on any atom is 0.191 e. The fourth-order valence-corrected chi connectivity index (χ4v) is 2.79. The van der Waals surface area contributed by atoms with E-state index in [0.717, 1.165) is 24.8 Å². The zero-order chi connectivity index (χ0) is 13.3. The number of ketones is 1. The van der Waals surface area contributed by atoms with Gasteiger partial charge in [0.05, 0.1) is 5.41 Å². The fourth-order valence-electron chi connectivity index (χ4n) is 2.79. The Labute approximate surface area is 113 Å². The maximum absolute atomic E-state index is 12.8. The van der Waals surface area contributed by atoms with Crippen molar-refractivity contribution in [2.24, 2.45) is 0 Å². The first kappa shape index (κ1) is 12.1. The van der Waals surface area contributed by atoms with Gasteiger partial charge in [-0.05, 0) is 37.5 Å². The minimum absolute atomic E-state index is 0.170. The number of benzene rings is 1. The third-order valence-corrected chi connectivity index (χ3v) is 4.14. The molecule has 1 fully saturated rings. The van der Waals surface area contributed by atoms with Crippen LogP contribution in [0, 0.1) is 6.92 Å². The zero-order valence-electron chi connectivity index (χ0n) is 11.1. The lowest BCUT2D eigenvalue weighted by molar-refractivity contribution is 0.0783. The van der Waals surface area contributed by atoms with Crippen molar-refractivity contribution in [2.75, 3.05) is 0 Å². The molecule has 1 aliphatic carbocycles. The van der Waals surface area contributed by atoms with E-state index >= 15 is 0 Å². The molecule has 2 heteroatoms. The third kappa shape index (κ3) is 1.97. The molecule has 0 unspecified atom stereocenters. The average Bonchev–Trinajstić information content (AvgIpc) is 2.40. The number of carbonyl (C=O) groups excluding carboxylic acids is 1. The number of Topliss-reactive ketones (excluding diaryl/α,β-unsaturated/α-hetero) is 1. The first-order valence-corrected chi connectivity index (χ1v) is 6.75. The molecule has 0 aliphatic heterocycles. The van der Waals surface area contributed by atoms with Crippen LogP contribution >= 0.6 is 0 Å². The van der Waals surface area contributed by atoms with E-state index in [0.29, 0.717) is 5.69 Å². The molecule has 2 nitrogen and oxygen atoms in total. The van der Waals surface area contributed by atoms with Gasteiger partial charge in [-0.15, -0.1) is 0 Å². The standard InChI is InChI=1S/C17H17NO/c1-13-6-8-14(9-7-13)17(10-4-11-17)16(19)15-5-2-3-12-18-15/h2-3,5-9,12H,4,10-11H2,1H3. The predicted molar refractivity (Wildman–Crippen MR) is 75.3 cm³/mol. The molecule has 1 aromatic carbocycles. The SMILES string of the molecule is Cc1ccc(C2(C(=O)c3ccccn3)CCC2)cc1. The van der Waals surface area contributed by atoms with Crippen molar-refractivity contribution < 1.29 is 4.79 Å². The number of aromatic nitrogens is 1. The molecule has 19 heavy (non-hydrogen) atoms. The molecule has 1 aromatic heterocycles. The van der Waals surface area contributed by atoms with Crippen LogP contribution in [0.4, 0.5) is 0 Å². The van der Waals surface area contributed by atoms with Crippen LogP contribution in [0.3, 0.4) is 0 Å². The quantitative estimate of drug-likeness (QED) is 0.779. The van der Waals surface area contributed by atoms with Gasteiger partial charge in [-0.3, -0.25) is 9.78 Å². The second-order valence-electron chi connectivity index (χ2n) is 5.35. The lowest BCUT2D eigenvalue weighted by Gasteiger charge is -2.40. The number of nitrogens with zero attached hydrogens (tertiary/aromatic N) is 1. The summed E-state index contributed by atoms with van der Waals surface area (Å²) in [6, 6.07) is 13.9. The Kier molecular flexibility index (Phi) is 2.94. The smallest absolute Gasteiger partial charge is 0.191 e. The highest BCUT2D eigenvalue weighted by Crippen LogP contribution is 2.45. The second kappa shape index (κ2) is 4.61. The minimum Gasteiger partial charge on any atom is -0.291 e. The molecule has 0 radical (unpaired) electrons. The Hall–Kier alpha value is -1.96. The lowest BCUT2D eigenvalue weighted by Crippen LogP contribution is -2.42. The van der Waals surface area contributed by atoms with Gasteiger partial charge in [0.2, 0.25) is 0 Å². The van der Waals surface area contributed by atoms with Gasteiger partial charge in [0.15, 0.2) is 5.78 Å². The Morgan fingerprint density at radius 3 is 2.37 bits per heavy atom. The van der Waals surface area contributed by atoms with Crippen molar-refractivity contribution >= 4 is 5.78 Å². The van der Waals surface area contributed by atoms with Crippen LogP contribution in [0.15, 0.2) is 48.7 Å². The van der Waals surface area contributed by atoms with Crippen LogP contribution in [-0.4, -0.2) is 10.8 Å². The molecule has 96 valence electrons. The summed E-state index contributed by atoms with van der Waals surface area (Å²) in [5, 5.41) is 0. The van der Waals surface area contributed by atoms with Crippen LogP contribution in [0.25, 0.3) is 0 Å². The van der Waals surface area contributed by atoms with Crippen molar-refractivity contribution in [2.45, 2.75) is 31.6 Å². The van der Waals surface area contributed by atoms with E-state index in [1.165, 1.54) is 5.56 Å². The highest BCUT2D eigenvalue weighted by atomic mass is 16.1. The molecule has 3 rings (SSSR count). The van der Waals surface area contributed by atoms with Gasteiger partial charge in [-0.2, -0.15) is 0 Å². The molecule has 0 atom stereocenters. The van der Waals surface area contributed by atoms with Crippen LogP contribution in [0.2, 0.25) is 0 Å². The lowest BCUT2D eigenvalue weighted by atomic mass is 9.61. The number of aryl methyl sites for hydroxylation is 1. The zero-order valence-corrected chi connectivity index (χ0v) is 11.1. The summed E-state index contributed by atoms with van der Waals surface area (Å²) in [5.74, 6) is 0.170. The second-order valence-corrected chi connectivity index (χ2v) is 5.35. The molecular weight excluding hydrogens is 234 g/mol. The molecule has 1 saturated carbocycles. The summed E-state index contributed by atoms with van der Waals surface area (Å²) in [5.41, 5.74) is 2.62. The van der Waals surface area contributed by atoms with Crippen molar-refractivity contribution in [3.8, 4) is 0 Å². The van der Waals surface area contributed by atoms with Crippen LogP contribution in [0.1, 0.15) is 40.9 Å². The molecular formula is C17H17NO. The topological polar surface area (TPSA) is 30.0 Å². The van der Waals surface area contributed by atoms with E-state index in [-0.39, 0.29) is 11.2 Å². The summed E-state index contributed by atoms with van der Waals surface area (Å²) in [6.45, 7) is 2.07. The minimum atomic E-state index is -0.331. The molecule has 2 aromatic rings. The van der Waals surface area contributed by atoms with Gasteiger partial charge in [-0.1, -0.05) is 42.3 Å². The largest absolute Gasteiger partial charge is 0.291 e. The molecule has 0 N–H and O–H groups in total. The molecule has 0 bridgehead atoms. The van der Waals surface area contributed by atoms with Crippen molar-refractivity contribution in [1.82, 2.24) is 4.98 Å². The molecule has 1 heterocycles. The normalized spacial score (nSPS) is 16.7. The van der Waals surface area contributed by atoms with Gasteiger partial charge < -0.3 is 0 Å². The van der Waals surface area contributed by atoms with E-state index in [1.807, 2.05) is 18.2 Å². The summed E-state index contributed by atoms with van der Waals surface area (Å²) < 4.78 is 0. The monoisotopic (exact) mass is 251 g/mol. The van der Waals surface area contributed by atoms with Crippen molar-refractivity contribution in [3.63, 3.8) is 0 Å². The van der Waals surface area contributed by atoms with Crippen LogP contribution in [-0.2, 0) is 5.41 Å². The van der Waals surface area contributed by atoms with E-state index in [1.54, 1.807) is 6.20 Å². The third-order valence-electron chi connectivity index (χ3n) is 4.14. The highest BCUT2D eigenvalue weighted by Gasteiger charge is 2.46. The highest BCUT2D eigenvalue weighted by molar-refractivity contribution is 6.03. The Morgan fingerprint density at radius 2 is 1.84 bits per heavy atom. The Bertz CT molecular complexity index is 582. The first-order chi connectivity index (χ1) is 9.22. The molecule has 0 saturated heterocycles. The van der Waals surface area contributed by atoms with E-state index in [2.05, 4.69) is 36.2 Å². The predicted octanol–water partition coefficient (Wildman–Crippen LogP) is 3.69. The van der Waals surface area contributed by atoms with Gasteiger partial charge >= 0.3 is 0 Å². The number of hydrogen-bond donors (Lipinski definition) is 0. The number of rotatable bonds is 3. The van der Waals surface area contributed by atoms with Crippen molar-refractivity contribution in [1.29, 1.82) is 0 Å². The van der Waals surface area contributed by atoms with Gasteiger partial charge in [0.1, 0.15) is 5.69 Å². The van der Waals surface area contributed by atoms with E-state index < -0.39 is 0 Å². The maximum atomic E-state index is 12.8. The Balaban J connectivity index is 2.00. The Morgan fingerprint density at radius 1 is 1.11 bits per heavy atom. The van der Waals surface area contributed by atoms with E-state index in [9.17, 15) is 4.79 Å².